The van der Waals surface area contributed by atoms with E-state index in [2.05, 4.69) is 38.2 Å². The molecule has 7 nitrogen and oxygen atoms in total. The van der Waals surface area contributed by atoms with Gasteiger partial charge in [0.2, 0.25) is 0 Å². The van der Waals surface area contributed by atoms with Crippen molar-refractivity contribution in [3.63, 3.8) is 0 Å². The van der Waals surface area contributed by atoms with Gasteiger partial charge in [-0.25, -0.2) is 18.0 Å². The van der Waals surface area contributed by atoms with E-state index < -0.39 is 32.5 Å². The SMILES string of the molecule is CCC/C=C/CCCCCCCCCCCCCCCCCOC(=O)c1cccc(S(=O)(=O)[O-])c1C(=O)OCCCCCCCCCCCCCCCCC/C=C/CCC.[Na+]. The molecule has 1 aromatic rings. The summed E-state index contributed by atoms with van der Waals surface area (Å²) in [4.78, 5) is 25.3. The van der Waals surface area contributed by atoms with Crippen molar-refractivity contribution in [2.45, 2.75) is 250 Å². The van der Waals surface area contributed by atoms with Crippen LogP contribution >= 0.6 is 0 Å². The molecule has 0 aliphatic heterocycles. The fourth-order valence-corrected chi connectivity index (χ4v) is 8.42. The molecular formula is C52H89NaO7S. The minimum Gasteiger partial charge on any atom is -0.744 e. The van der Waals surface area contributed by atoms with Crippen LogP contribution in [0.25, 0.3) is 0 Å². The third-order valence-electron chi connectivity index (χ3n) is 11.5. The summed E-state index contributed by atoms with van der Waals surface area (Å²) in [5, 5.41) is 0. The largest absolute Gasteiger partial charge is 1.00 e. The predicted octanol–water partition coefficient (Wildman–Crippen LogP) is 13.1. The molecule has 0 N–H and O–H groups in total. The van der Waals surface area contributed by atoms with E-state index in [0.717, 1.165) is 44.6 Å². The molecule has 0 heterocycles. The molecule has 0 saturated carbocycles. The molecule has 0 unspecified atom stereocenters. The van der Waals surface area contributed by atoms with E-state index in [-0.39, 0.29) is 48.3 Å². The van der Waals surface area contributed by atoms with Crippen LogP contribution in [0.4, 0.5) is 0 Å². The molecule has 0 aliphatic rings. The van der Waals surface area contributed by atoms with Gasteiger partial charge in [-0.3, -0.25) is 0 Å². The van der Waals surface area contributed by atoms with Crippen LogP contribution in [-0.2, 0) is 19.6 Å². The summed E-state index contributed by atoms with van der Waals surface area (Å²) in [6, 6.07) is 3.65. The summed E-state index contributed by atoms with van der Waals surface area (Å²) in [6.45, 7) is 4.70. The maximum atomic E-state index is 13.1. The summed E-state index contributed by atoms with van der Waals surface area (Å²) >= 11 is 0. The van der Waals surface area contributed by atoms with Gasteiger partial charge in [-0.05, 0) is 63.5 Å². The van der Waals surface area contributed by atoms with Crippen molar-refractivity contribution in [2.24, 2.45) is 0 Å². The van der Waals surface area contributed by atoms with E-state index in [1.165, 1.54) is 192 Å². The first-order valence-corrected chi connectivity index (χ1v) is 26.5. The van der Waals surface area contributed by atoms with Crippen molar-refractivity contribution in [2.75, 3.05) is 13.2 Å². The monoisotopic (exact) mass is 881 g/mol. The van der Waals surface area contributed by atoms with E-state index in [1.807, 2.05) is 0 Å². The number of hydrogen-bond acceptors (Lipinski definition) is 7. The van der Waals surface area contributed by atoms with Gasteiger partial charge in [-0.2, -0.15) is 0 Å². The van der Waals surface area contributed by atoms with Gasteiger partial charge in [-0.1, -0.05) is 224 Å². The average Bonchev–Trinajstić information content (AvgIpc) is 3.24. The topological polar surface area (TPSA) is 110 Å². The van der Waals surface area contributed by atoms with E-state index in [0.29, 0.717) is 12.8 Å². The van der Waals surface area contributed by atoms with Gasteiger partial charge in [0.05, 0.1) is 29.2 Å². The van der Waals surface area contributed by atoms with Crippen molar-refractivity contribution < 1.29 is 61.6 Å². The maximum Gasteiger partial charge on any atom is 1.00 e. The standard InChI is InChI=1S/C52H90O7S.Na/c1-3-5-7-9-11-13-15-17-19-21-23-25-27-29-31-33-35-37-39-41-46-58-51(53)48-44-43-45-49(60(55,56)57)50(48)52(54)59-47-42-40-38-36-34-32-30-28-26-24-22-20-18-16-14-12-10-8-6-4-2;/h7-10,43-45H,3-6,11-42,46-47H2,1-2H3,(H,55,56,57);/q;+1/p-1/b9-7+,10-8+;. The second kappa shape index (κ2) is 43.8. The summed E-state index contributed by atoms with van der Waals surface area (Å²) in [5.74, 6) is -1.80. The van der Waals surface area contributed by atoms with Crippen LogP contribution in [0.3, 0.4) is 0 Å². The Morgan fingerprint density at radius 2 is 0.754 bits per heavy atom. The number of rotatable bonds is 43. The minimum atomic E-state index is -5.02. The van der Waals surface area contributed by atoms with Gasteiger partial charge < -0.3 is 14.0 Å². The van der Waals surface area contributed by atoms with Crippen LogP contribution in [0.15, 0.2) is 47.4 Å². The zero-order chi connectivity index (χ0) is 43.6. The van der Waals surface area contributed by atoms with Crippen molar-refractivity contribution in [3.05, 3.63) is 53.6 Å². The predicted molar refractivity (Wildman–Crippen MR) is 251 cm³/mol. The minimum absolute atomic E-state index is 0. The quantitative estimate of drug-likeness (QED) is 0.0211. The Morgan fingerprint density at radius 1 is 0.459 bits per heavy atom. The summed E-state index contributed by atoms with van der Waals surface area (Å²) in [7, 11) is -5.02. The number of unbranched alkanes of at least 4 members (excludes halogenated alkanes) is 32. The summed E-state index contributed by atoms with van der Waals surface area (Å²) in [6.07, 6.45) is 53.3. The summed E-state index contributed by atoms with van der Waals surface area (Å²) in [5.41, 5.74) is -0.770. The van der Waals surface area contributed by atoms with Gasteiger partial charge in [0.1, 0.15) is 10.1 Å². The zero-order valence-electron chi connectivity index (χ0n) is 39.7. The molecule has 0 amide bonds. The Morgan fingerprint density at radius 3 is 1.08 bits per heavy atom. The van der Waals surface area contributed by atoms with Crippen molar-refractivity contribution in [3.8, 4) is 0 Å². The number of benzene rings is 1. The molecule has 61 heavy (non-hydrogen) atoms. The van der Waals surface area contributed by atoms with Gasteiger partial charge in [-0.15, -0.1) is 0 Å². The average molecular weight is 881 g/mol. The Balaban J connectivity index is 0.0000360. The summed E-state index contributed by atoms with van der Waals surface area (Å²) < 4.78 is 46.9. The normalized spacial score (nSPS) is 11.7. The molecule has 0 radical (unpaired) electrons. The number of allylic oxidation sites excluding steroid dienone is 4. The number of carbonyl (C=O) groups excluding carboxylic acids is 2. The first-order chi connectivity index (χ1) is 29.3. The number of carbonyl (C=O) groups is 2. The number of ether oxygens (including phenoxy) is 2. The van der Waals surface area contributed by atoms with Crippen molar-refractivity contribution in [1.29, 1.82) is 0 Å². The van der Waals surface area contributed by atoms with Crippen LogP contribution in [-0.4, -0.2) is 38.1 Å². The molecule has 0 aromatic heterocycles. The van der Waals surface area contributed by atoms with Crippen molar-refractivity contribution >= 4 is 22.1 Å². The van der Waals surface area contributed by atoms with Gasteiger partial charge >= 0.3 is 41.5 Å². The molecule has 0 aliphatic carbocycles. The second-order valence-electron chi connectivity index (χ2n) is 17.1. The molecular weight excluding hydrogens is 792 g/mol. The molecule has 0 saturated heterocycles. The maximum absolute atomic E-state index is 13.1. The van der Waals surface area contributed by atoms with Crippen LogP contribution in [0, 0.1) is 0 Å². The fraction of sp³-hybridized carbons (Fsp3) is 0.769. The molecule has 0 atom stereocenters. The molecule has 1 aromatic carbocycles. The number of esters is 2. The first kappa shape index (κ1) is 59.5. The molecule has 0 fully saturated rings. The molecule has 9 heteroatoms. The van der Waals surface area contributed by atoms with Crippen molar-refractivity contribution in [1.82, 2.24) is 0 Å². The number of hydrogen-bond donors (Lipinski definition) is 0. The van der Waals surface area contributed by atoms with Gasteiger partial charge in [0, 0.05) is 0 Å². The van der Waals surface area contributed by atoms with Crippen LogP contribution in [0.1, 0.15) is 266 Å². The molecule has 1 rings (SSSR count). The van der Waals surface area contributed by atoms with Crippen LogP contribution in [0.2, 0.25) is 0 Å². The van der Waals surface area contributed by atoms with E-state index in [1.54, 1.807) is 0 Å². The van der Waals surface area contributed by atoms with Gasteiger partial charge in [0.25, 0.3) is 0 Å². The second-order valence-corrected chi connectivity index (χ2v) is 18.5. The Hall–Kier alpha value is -1.45. The van der Waals surface area contributed by atoms with E-state index >= 15 is 0 Å². The molecule has 0 bridgehead atoms. The molecule has 0 spiro atoms. The fourth-order valence-electron chi connectivity index (χ4n) is 7.73. The third-order valence-corrected chi connectivity index (χ3v) is 12.3. The van der Waals surface area contributed by atoms with E-state index in [4.69, 9.17) is 9.47 Å². The zero-order valence-corrected chi connectivity index (χ0v) is 42.5. The first-order valence-electron chi connectivity index (χ1n) is 25.1. The van der Waals surface area contributed by atoms with Crippen LogP contribution < -0.4 is 29.6 Å². The van der Waals surface area contributed by atoms with Gasteiger partial charge in [0.15, 0.2) is 0 Å². The van der Waals surface area contributed by atoms with E-state index in [9.17, 15) is 22.6 Å². The Bertz CT molecular complexity index is 1340. The Labute approximate surface area is 397 Å². The molecule has 346 valence electrons. The van der Waals surface area contributed by atoms with Crippen LogP contribution in [0.5, 0.6) is 0 Å². The third kappa shape index (κ3) is 35.6. The smallest absolute Gasteiger partial charge is 0.744 e. The Kier molecular flexibility index (Phi) is 42.7.